The van der Waals surface area contributed by atoms with Crippen LogP contribution in [0.15, 0.2) is 63.9 Å². The van der Waals surface area contributed by atoms with E-state index >= 15 is 0 Å². The summed E-state index contributed by atoms with van der Waals surface area (Å²) in [6.07, 6.45) is 0.634. The maximum atomic E-state index is 12.4. The lowest BCUT2D eigenvalue weighted by Crippen LogP contribution is -2.29. The normalized spacial score (nSPS) is 11.8. The number of hydrogen-bond donors (Lipinski definition) is 0. The molecule has 1 aliphatic carbocycles. The SMILES string of the molecule is CCc1ccc(-c2c3ccc(=[N+](CC)CC)cc-3oc3cc(N(CC)CC)ccc23)c(S(=O)(=O)[O-])c1. The molecular formula is C29H34N2O4S. The standard InChI is InChI=1S/C29H34N2O4S/c1-6-20-11-14-25(28(17-20)36(32,33)34)29-23-15-12-21(30(7-2)8-3)18-26(23)35-27-19-22(13-16-24(27)29)31(9-4)10-5/h11-19H,6-10H2,1-5H3. The lowest BCUT2D eigenvalue weighted by Gasteiger charge is -2.23. The van der Waals surface area contributed by atoms with Gasteiger partial charge >= 0.3 is 0 Å². The summed E-state index contributed by atoms with van der Waals surface area (Å²) in [7, 11) is -4.71. The van der Waals surface area contributed by atoms with Gasteiger partial charge in [-0.1, -0.05) is 19.1 Å². The second-order valence-corrected chi connectivity index (χ2v) is 10.2. The lowest BCUT2D eigenvalue weighted by molar-refractivity contribution is 0.463. The molecule has 190 valence electrons. The summed E-state index contributed by atoms with van der Waals surface area (Å²) in [4.78, 5) is 2.03. The smallest absolute Gasteiger partial charge is 0.203 e. The van der Waals surface area contributed by atoms with Crippen molar-refractivity contribution in [3.05, 3.63) is 65.5 Å². The van der Waals surface area contributed by atoms with Crippen LogP contribution >= 0.6 is 0 Å². The van der Waals surface area contributed by atoms with Crippen molar-refractivity contribution in [3.8, 4) is 22.5 Å². The van der Waals surface area contributed by atoms with E-state index in [2.05, 4.69) is 37.2 Å². The number of anilines is 1. The molecule has 0 N–H and O–H groups in total. The van der Waals surface area contributed by atoms with Gasteiger partial charge in [-0.3, -0.25) is 0 Å². The first-order valence-corrected chi connectivity index (χ1v) is 14.1. The van der Waals surface area contributed by atoms with Crippen LogP contribution in [0.5, 0.6) is 0 Å². The minimum atomic E-state index is -4.71. The summed E-state index contributed by atoms with van der Waals surface area (Å²) in [5.74, 6) is 0.646. The number of benzene rings is 3. The summed E-state index contributed by atoms with van der Waals surface area (Å²) in [5, 5.41) is 1.79. The second kappa shape index (κ2) is 10.4. The summed E-state index contributed by atoms with van der Waals surface area (Å²) in [6, 6.07) is 17.1. The Hall–Kier alpha value is -3.16. The molecule has 0 fully saturated rings. The Morgan fingerprint density at radius 3 is 2.17 bits per heavy atom. The Balaban J connectivity index is 2.17. The Kier molecular flexibility index (Phi) is 7.52. The summed E-state index contributed by atoms with van der Waals surface area (Å²) >= 11 is 0. The maximum Gasteiger partial charge on any atom is 0.203 e. The van der Waals surface area contributed by atoms with E-state index in [-0.39, 0.29) is 4.90 Å². The zero-order valence-corrected chi connectivity index (χ0v) is 22.5. The first-order valence-electron chi connectivity index (χ1n) is 12.7. The fourth-order valence-corrected chi connectivity index (χ4v) is 5.66. The molecule has 0 atom stereocenters. The monoisotopic (exact) mass is 506 g/mol. The van der Waals surface area contributed by atoms with E-state index in [1.165, 1.54) is 6.07 Å². The predicted molar refractivity (Wildman–Crippen MR) is 146 cm³/mol. The molecule has 0 bridgehead atoms. The fourth-order valence-electron chi connectivity index (χ4n) is 4.93. The van der Waals surface area contributed by atoms with Crippen molar-refractivity contribution in [2.24, 2.45) is 0 Å². The number of hydrogen-bond acceptors (Lipinski definition) is 5. The van der Waals surface area contributed by atoms with Gasteiger partial charge in [0.25, 0.3) is 0 Å². The van der Waals surface area contributed by atoms with Gasteiger partial charge in [-0.05, 0) is 63.9 Å². The van der Waals surface area contributed by atoms with Gasteiger partial charge < -0.3 is 13.9 Å². The third-order valence-electron chi connectivity index (χ3n) is 6.94. The van der Waals surface area contributed by atoms with Crippen molar-refractivity contribution < 1.29 is 17.4 Å². The molecule has 0 amide bonds. The van der Waals surface area contributed by atoms with Gasteiger partial charge in [-0.15, -0.1) is 0 Å². The van der Waals surface area contributed by atoms with Crippen molar-refractivity contribution in [2.75, 3.05) is 31.1 Å². The van der Waals surface area contributed by atoms with Gasteiger partial charge in [0, 0.05) is 53.0 Å². The van der Waals surface area contributed by atoms with Crippen LogP contribution in [0.3, 0.4) is 0 Å². The van der Waals surface area contributed by atoms with E-state index < -0.39 is 10.1 Å². The predicted octanol–water partition coefficient (Wildman–Crippen LogP) is 5.33. The minimum Gasteiger partial charge on any atom is -0.744 e. The van der Waals surface area contributed by atoms with Gasteiger partial charge in [0.05, 0.1) is 11.0 Å². The van der Waals surface area contributed by atoms with Gasteiger partial charge in [-0.25, -0.2) is 13.0 Å². The minimum absolute atomic E-state index is 0.198. The van der Waals surface area contributed by atoms with Crippen molar-refractivity contribution in [1.29, 1.82) is 0 Å². The molecule has 7 heteroatoms. The van der Waals surface area contributed by atoms with Crippen LogP contribution in [-0.2, 0) is 16.5 Å². The van der Waals surface area contributed by atoms with Crippen LogP contribution in [0.25, 0.3) is 33.4 Å². The molecule has 1 aliphatic heterocycles. The molecule has 0 aromatic heterocycles. The van der Waals surface area contributed by atoms with E-state index in [1.807, 2.05) is 49.4 Å². The van der Waals surface area contributed by atoms with E-state index in [9.17, 15) is 13.0 Å². The number of fused-ring (bicyclic) bond motifs is 2. The molecule has 36 heavy (non-hydrogen) atoms. The average Bonchev–Trinajstić information content (AvgIpc) is 2.87. The number of nitrogens with zero attached hydrogens (tertiary/aromatic N) is 2. The number of aryl methyl sites for hydroxylation is 1. The van der Waals surface area contributed by atoms with E-state index in [1.54, 1.807) is 6.07 Å². The molecule has 0 unspecified atom stereocenters. The van der Waals surface area contributed by atoms with Crippen molar-refractivity contribution >= 4 is 26.8 Å². The van der Waals surface area contributed by atoms with Crippen LogP contribution in [0, 0.1) is 0 Å². The Morgan fingerprint density at radius 1 is 0.861 bits per heavy atom. The average molecular weight is 507 g/mol. The van der Waals surface area contributed by atoms with Crippen LogP contribution in [0.1, 0.15) is 40.2 Å². The van der Waals surface area contributed by atoms with E-state index in [0.717, 1.165) is 53.7 Å². The quantitative estimate of drug-likeness (QED) is 0.183. The van der Waals surface area contributed by atoms with Crippen LogP contribution in [0.4, 0.5) is 5.69 Å². The highest BCUT2D eigenvalue weighted by atomic mass is 32.2. The summed E-state index contributed by atoms with van der Waals surface area (Å²) < 4.78 is 45.9. The van der Waals surface area contributed by atoms with Crippen molar-refractivity contribution in [2.45, 2.75) is 45.9 Å². The Labute approximate surface area is 213 Å². The largest absolute Gasteiger partial charge is 0.744 e. The van der Waals surface area contributed by atoms with Crippen molar-refractivity contribution in [1.82, 2.24) is 4.58 Å². The summed E-state index contributed by atoms with van der Waals surface area (Å²) in [6.45, 7) is 13.8. The number of rotatable bonds is 8. The molecule has 1 heterocycles. The molecule has 2 aromatic rings. The van der Waals surface area contributed by atoms with Crippen LogP contribution < -0.4 is 14.8 Å². The van der Waals surface area contributed by atoms with Gasteiger partial charge in [-0.2, -0.15) is 0 Å². The molecule has 0 saturated heterocycles. The molecular weight excluding hydrogens is 472 g/mol. The zero-order chi connectivity index (χ0) is 26.0. The molecule has 2 aliphatic rings. The Morgan fingerprint density at radius 2 is 1.56 bits per heavy atom. The summed E-state index contributed by atoms with van der Waals surface area (Å²) in [5.41, 5.74) is 4.34. The molecule has 0 radical (unpaired) electrons. The van der Waals surface area contributed by atoms with E-state index in [0.29, 0.717) is 28.9 Å². The highest BCUT2D eigenvalue weighted by Crippen LogP contribution is 2.43. The highest BCUT2D eigenvalue weighted by molar-refractivity contribution is 7.85. The van der Waals surface area contributed by atoms with Crippen LogP contribution in [0.2, 0.25) is 0 Å². The molecule has 0 saturated carbocycles. The van der Waals surface area contributed by atoms with Gasteiger partial charge in [0.1, 0.15) is 34.6 Å². The second-order valence-electron chi connectivity index (χ2n) is 8.82. The Bertz CT molecular complexity index is 1540. The highest BCUT2D eigenvalue weighted by Gasteiger charge is 2.23. The zero-order valence-electron chi connectivity index (χ0n) is 21.7. The van der Waals surface area contributed by atoms with Crippen LogP contribution in [-0.4, -0.2) is 39.1 Å². The molecule has 6 nitrogen and oxygen atoms in total. The molecule has 2 aromatic carbocycles. The third-order valence-corrected chi connectivity index (χ3v) is 7.82. The molecule has 0 spiro atoms. The maximum absolute atomic E-state index is 12.4. The third kappa shape index (κ3) is 4.77. The van der Waals surface area contributed by atoms with Crippen molar-refractivity contribution in [3.63, 3.8) is 0 Å². The first kappa shape index (κ1) is 25.9. The topological polar surface area (TPSA) is 76.6 Å². The van der Waals surface area contributed by atoms with Gasteiger partial charge in [0.2, 0.25) is 5.36 Å². The fraction of sp³-hybridized carbons (Fsp3) is 0.345. The molecule has 4 rings (SSSR count). The van der Waals surface area contributed by atoms with Gasteiger partial charge in [0.15, 0.2) is 0 Å². The van der Waals surface area contributed by atoms with E-state index in [4.69, 9.17) is 4.42 Å². The first-order chi connectivity index (χ1) is 17.2. The lowest BCUT2D eigenvalue weighted by atomic mass is 9.92.